The van der Waals surface area contributed by atoms with Gasteiger partial charge in [0.15, 0.2) is 5.17 Å². The molecular weight excluding hydrogens is 334 g/mol. The Morgan fingerprint density at radius 3 is 2.71 bits per heavy atom. The van der Waals surface area contributed by atoms with E-state index in [0.29, 0.717) is 24.7 Å². The van der Waals surface area contributed by atoms with Crippen molar-refractivity contribution in [1.29, 1.82) is 0 Å². The van der Waals surface area contributed by atoms with Crippen molar-refractivity contribution >= 4 is 23.0 Å². The van der Waals surface area contributed by atoms with Gasteiger partial charge in [-0.15, -0.1) is 0 Å². The SMILES string of the molecule is CCCN=C1N[C@@H]2[C@@H](O)[C@H](O)[C@@H](CC(C)N(CC)C(=O)O)O[C@@H]2S1. The van der Waals surface area contributed by atoms with E-state index in [1.54, 1.807) is 13.8 Å². The highest BCUT2D eigenvalue weighted by Gasteiger charge is 2.49. The van der Waals surface area contributed by atoms with Crippen LogP contribution >= 0.6 is 11.8 Å². The van der Waals surface area contributed by atoms with Crippen molar-refractivity contribution in [2.75, 3.05) is 13.1 Å². The van der Waals surface area contributed by atoms with E-state index in [1.165, 1.54) is 16.7 Å². The second-order valence-electron chi connectivity index (χ2n) is 6.15. The van der Waals surface area contributed by atoms with Gasteiger partial charge < -0.3 is 30.3 Å². The number of rotatable bonds is 6. The number of nitrogens with one attached hydrogen (secondary N) is 1. The molecule has 0 aromatic rings. The Hall–Kier alpha value is -1.03. The zero-order valence-corrected chi connectivity index (χ0v) is 15.1. The van der Waals surface area contributed by atoms with Gasteiger partial charge >= 0.3 is 6.09 Å². The molecule has 2 saturated heterocycles. The molecule has 0 spiro atoms. The fourth-order valence-electron chi connectivity index (χ4n) is 3.06. The molecule has 9 heteroatoms. The molecule has 24 heavy (non-hydrogen) atoms. The van der Waals surface area contributed by atoms with Crippen LogP contribution in [0.2, 0.25) is 0 Å². The second kappa shape index (κ2) is 8.37. The summed E-state index contributed by atoms with van der Waals surface area (Å²) in [6, 6.07) is -0.725. The summed E-state index contributed by atoms with van der Waals surface area (Å²) < 4.78 is 5.94. The number of ether oxygens (including phenoxy) is 1. The minimum Gasteiger partial charge on any atom is -0.465 e. The number of thioether (sulfide) groups is 1. The normalized spacial score (nSPS) is 35.4. The Bertz CT molecular complexity index is 478. The molecule has 2 fully saturated rings. The average Bonchev–Trinajstić information content (AvgIpc) is 2.93. The van der Waals surface area contributed by atoms with Crippen LogP contribution in [0.3, 0.4) is 0 Å². The summed E-state index contributed by atoms with van der Waals surface area (Å²) in [4.78, 5) is 16.9. The second-order valence-corrected chi connectivity index (χ2v) is 7.24. The largest absolute Gasteiger partial charge is 0.465 e. The minimum atomic E-state index is -1.07. The lowest BCUT2D eigenvalue weighted by molar-refractivity contribution is -0.161. The molecule has 1 unspecified atom stereocenters. The van der Waals surface area contributed by atoms with Crippen LogP contribution in [0.15, 0.2) is 4.99 Å². The first-order valence-electron chi connectivity index (χ1n) is 8.37. The smallest absolute Gasteiger partial charge is 0.407 e. The van der Waals surface area contributed by atoms with Gasteiger partial charge in [0.1, 0.15) is 17.6 Å². The summed E-state index contributed by atoms with van der Waals surface area (Å²) in [6.07, 6.45) is -2.43. The van der Waals surface area contributed by atoms with Gasteiger partial charge in [-0.2, -0.15) is 0 Å². The fraction of sp³-hybridized carbons (Fsp3) is 0.867. The molecule has 2 rings (SSSR count). The minimum absolute atomic E-state index is 0.316. The molecule has 6 atom stereocenters. The van der Waals surface area contributed by atoms with Crippen LogP contribution in [0.1, 0.15) is 33.6 Å². The Kier molecular flexibility index (Phi) is 6.73. The number of nitrogens with zero attached hydrogens (tertiary/aromatic N) is 2. The third-order valence-corrected chi connectivity index (χ3v) is 5.50. The van der Waals surface area contributed by atoms with Gasteiger partial charge in [-0.05, 0) is 26.7 Å². The van der Waals surface area contributed by atoms with E-state index in [9.17, 15) is 20.1 Å². The van der Waals surface area contributed by atoms with Gasteiger partial charge in [-0.25, -0.2) is 4.79 Å². The molecule has 1 amide bonds. The lowest BCUT2D eigenvalue weighted by Gasteiger charge is -2.40. The number of aliphatic imine (C=N–C) groups is 1. The first kappa shape index (κ1) is 19.3. The number of aliphatic hydroxyl groups is 2. The number of aliphatic hydroxyl groups excluding tert-OH is 2. The highest BCUT2D eigenvalue weighted by atomic mass is 32.2. The zero-order chi connectivity index (χ0) is 17.9. The van der Waals surface area contributed by atoms with E-state index in [1.807, 2.05) is 6.92 Å². The van der Waals surface area contributed by atoms with Gasteiger partial charge in [0.25, 0.3) is 0 Å². The first-order valence-corrected chi connectivity index (χ1v) is 9.25. The van der Waals surface area contributed by atoms with E-state index in [2.05, 4.69) is 10.3 Å². The summed E-state index contributed by atoms with van der Waals surface area (Å²) in [5.74, 6) is 0. The molecule has 0 aliphatic carbocycles. The van der Waals surface area contributed by atoms with E-state index in [0.717, 1.165) is 6.42 Å². The monoisotopic (exact) mass is 361 g/mol. The predicted octanol–water partition coefficient (Wildman–Crippen LogP) is 0.683. The molecule has 2 aliphatic rings. The highest BCUT2D eigenvalue weighted by molar-refractivity contribution is 8.14. The van der Waals surface area contributed by atoms with Gasteiger partial charge in [0.2, 0.25) is 0 Å². The van der Waals surface area contributed by atoms with Crippen molar-refractivity contribution in [3.63, 3.8) is 0 Å². The van der Waals surface area contributed by atoms with E-state index in [4.69, 9.17) is 4.74 Å². The van der Waals surface area contributed by atoms with Crippen molar-refractivity contribution in [2.45, 2.75) is 69.4 Å². The molecule has 0 bridgehead atoms. The quantitative estimate of drug-likeness (QED) is 0.550. The lowest BCUT2D eigenvalue weighted by atomic mass is 9.94. The van der Waals surface area contributed by atoms with E-state index >= 15 is 0 Å². The van der Waals surface area contributed by atoms with Crippen molar-refractivity contribution in [3.8, 4) is 0 Å². The summed E-state index contributed by atoms with van der Waals surface area (Å²) in [5.41, 5.74) is -0.337. The Morgan fingerprint density at radius 1 is 1.42 bits per heavy atom. The molecule has 0 aromatic heterocycles. The molecular formula is C15H27N3O5S. The number of amidine groups is 1. The van der Waals surface area contributed by atoms with Crippen LogP contribution in [-0.2, 0) is 4.74 Å². The number of hydrogen-bond acceptors (Lipinski definition) is 6. The maximum absolute atomic E-state index is 11.2. The number of fused-ring (bicyclic) bond motifs is 1. The van der Waals surface area contributed by atoms with Crippen LogP contribution in [-0.4, -0.2) is 80.4 Å². The maximum Gasteiger partial charge on any atom is 0.407 e. The first-order chi connectivity index (χ1) is 11.4. The Balaban J connectivity index is 2.02. The highest BCUT2D eigenvalue weighted by Crippen LogP contribution is 2.35. The third-order valence-electron chi connectivity index (χ3n) is 4.39. The van der Waals surface area contributed by atoms with E-state index in [-0.39, 0.29) is 11.5 Å². The van der Waals surface area contributed by atoms with Crippen LogP contribution < -0.4 is 5.32 Å². The van der Waals surface area contributed by atoms with E-state index < -0.39 is 30.4 Å². The molecule has 0 aromatic carbocycles. The maximum atomic E-state index is 11.2. The van der Waals surface area contributed by atoms with Crippen molar-refractivity contribution in [3.05, 3.63) is 0 Å². The van der Waals surface area contributed by atoms with Gasteiger partial charge in [-0.3, -0.25) is 4.99 Å². The molecule has 0 radical (unpaired) electrons. The van der Waals surface area contributed by atoms with Crippen molar-refractivity contribution in [1.82, 2.24) is 10.2 Å². The number of carbonyl (C=O) groups is 1. The Labute approximate surface area is 146 Å². The Morgan fingerprint density at radius 2 is 2.12 bits per heavy atom. The zero-order valence-electron chi connectivity index (χ0n) is 14.3. The summed E-state index contributed by atoms with van der Waals surface area (Å²) in [6.45, 7) is 6.63. The fourth-order valence-corrected chi connectivity index (χ4v) is 4.23. The predicted molar refractivity (Wildman–Crippen MR) is 92.3 cm³/mol. The standard InChI is InChI=1S/C15H27N3O5S/c1-4-6-16-14-17-10-12(20)11(19)9(23-13(10)24-14)7-8(3)18(5-2)15(21)22/h8-13,19-20H,4-7H2,1-3H3,(H,16,17)(H,21,22)/t8?,9-,10-,11-,12-,13-/m1/s1. The number of carboxylic acid groups (broad SMARTS) is 1. The molecule has 138 valence electrons. The molecule has 4 N–H and O–H groups in total. The summed E-state index contributed by atoms with van der Waals surface area (Å²) in [5, 5.41) is 33.8. The van der Waals surface area contributed by atoms with Crippen LogP contribution in [0.5, 0.6) is 0 Å². The topological polar surface area (TPSA) is 115 Å². The summed E-state index contributed by atoms with van der Waals surface area (Å²) in [7, 11) is 0. The van der Waals surface area contributed by atoms with Crippen LogP contribution in [0.4, 0.5) is 4.79 Å². The lowest BCUT2D eigenvalue weighted by Crippen LogP contribution is -2.59. The van der Waals surface area contributed by atoms with Gasteiger partial charge in [-0.1, -0.05) is 18.7 Å². The summed E-state index contributed by atoms with van der Waals surface area (Å²) >= 11 is 1.41. The number of hydrogen-bond donors (Lipinski definition) is 4. The molecule has 8 nitrogen and oxygen atoms in total. The number of amides is 1. The third kappa shape index (κ3) is 4.14. The van der Waals surface area contributed by atoms with Gasteiger partial charge in [0, 0.05) is 19.1 Å². The molecule has 0 saturated carbocycles. The average molecular weight is 361 g/mol. The van der Waals surface area contributed by atoms with Gasteiger partial charge in [0.05, 0.1) is 12.1 Å². The van der Waals surface area contributed by atoms with Crippen LogP contribution in [0, 0.1) is 0 Å². The van der Waals surface area contributed by atoms with Crippen LogP contribution in [0.25, 0.3) is 0 Å². The molecule has 2 aliphatic heterocycles. The van der Waals surface area contributed by atoms with Crippen molar-refractivity contribution < 1.29 is 24.9 Å². The molecule has 2 heterocycles. The van der Waals surface area contributed by atoms with Crippen molar-refractivity contribution in [2.24, 2.45) is 4.99 Å².